The quantitative estimate of drug-likeness (QED) is 0.906. The first kappa shape index (κ1) is 14.9. The first-order valence-corrected chi connectivity index (χ1v) is 6.55. The van der Waals surface area contributed by atoms with Crippen molar-refractivity contribution >= 4 is 11.9 Å². The van der Waals surface area contributed by atoms with Crippen molar-refractivity contribution < 1.29 is 9.18 Å². The van der Waals surface area contributed by atoms with Gasteiger partial charge in [-0.3, -0.25) is 4.79 Å². The van der Waals surface area contributed by atoms with Gasteiger partial charge in [0, 0.05) is 20.3 Å². The summed E-state index contributed by atoms with van der Waals surface area (Å²) in [6.07, 6.45) is 1.87. The molecule has 1 amide bonds. The van der Waals surface area contributed by atoms with Crippen molar-refractivity contribution in [2.45, 2.75) is 13.0 Å². The molecule has 2 rings (SSSR count). The summed E-state index contributed by atoms with van der Waals surface area (Å²) in [6, 6.07) is 7.64. The summed E-state index contributed by atoms with van der Waals surface area (Å²) in [7, 11) is 3.71. The van der Waals surface area contributed by atoms with Crippen LogP contribution in [0.2, 0.25) is 0 Å². The minimum absolute atomic E-state index is 0.133. The van der Waals surface area contributed by atoms with Crippen LogP contribution in [-0.4, -0.2) is 30.0 Å². The molecule has 0 saturated heterocycles. The molecule has 1 heterocycles. The number of carbonyl (C=O) groups is 1. The second-order valence-corrected chi connectivity index (χ2v) is 4.82. The van der Waals surface area contributed by atoms with Crippen LogP contribution in [0.25, 0.3) is 0 Å². The second-order valence-electron chi connectivity index (χ2n) is 4.82. The van der Waals surface area contributed by atoms with E-state index in [-0.39, 0.29) is 18.1 Å². The summed E-state index contributed by atoms with van der Waals surface area (Å²) in [5.74, 6) is 0.156. The number of carbonyl (C=O) groups excluding carboxylic acids is 1. The Morgan fingerprint density at radius 2 is 1.95 bits per heavy atom. The van der Waals surface area contributed by atoms with Gasteiger partial charge in [-0.15, -0.1) is 0 Å². The van der Waals surface area contributed by atoms with Crippen molar-refractivity contribution in [3.8, 4) is 0 Å². The molecular weight excluding hydrogens is 271 g/mol. The van der Waals surface area contributed by atoms with Gasteiger partial charge < -0.3 is 10.2 Å². The Morgan fingerprint density at radius 3 is 2.62 bits per heavy atom. The van der Waals surface area contributed by atoms with Crippen molar-refractivity contribution in [3.05, 3.63) is 53.6 Å². The molecule has 1 N–H and O–H groups in total. The smallest absolute Gasteiger partial charge is 0.225 e. The van der Waals surface area contributed by atoms with E-state index in [0.717, 1.165) is 11.3 Å². The van der Waals surface area contributed by atoms with Crippen molar-refractivity contribution in [3.63, 3.8) is 0 Å². The molecule has 0 atom stereocenters. The monoisotopic (exact) mass is 288 g/mol. The number of anilines is 1. The zero-order valence-electron chi connectivity index (χ0n) is 12.0. The summed E-state index contributed by atoms with van der Waals surface area (Å²) in [5, 5.41) is 2.79. The van der Waals surface area contributed by atoms with Crippen LogP contribution in [0.4, 0.5) is 10.3 Å². The number of halogens is 1. The fourth-order valence-corrected chi connectivity index (χ4v) is 1.74. The number of hydrogen-bond acceptors (Lipinski definition) is 4. The SMILES string of the molecule is CN(C)c1nccc(CNC(=O)Cc2ccc(F)cc2)n1. The van der Waals surface area contributed by atoms with E-state index in [9.17, 15) is 9.18 Å². The van der Waals surface area contributed by atoms with E-state index in [1.54, 1.807) is 29.3 Å². The molecule has 2 aromatic rings. The normalized spacial score (nSPS) is 10.2. The minimum atomic E-state index is -0.309. The first-order valence-electron chi connectivity index (χ1n) is 6.55. The third-order valence-electron chi connectivity index (χ3n) is 2.85. The standard InChI is InChI=1S/C15H17FN4O/c1-20(2)15-17-8-7-13(19-15)10-18-14(21)9-11-3-5-12(16)6-4-11/h3-8H,9-10H2,1-2H3,(H,18,21). The van der Waals surface area contributed by atoms with Crippen LogP contribution in [-0.2, 0) is 17.8 Å². The van der Waals surface area contributed by atoms with Crippen LogP contribution in [0.15, 0.2) is 36.5 Å². The lowest BCUT2D eigenvalue weighted by molar-refractivity contribution is -0.120. The topological polar surface area (TPSA) is 58.1 Å². The minimum Gasteiger partial charge on any atom is -0.350 e. The zero-order chi connectivity index (χ0) is 15.2. The summed E-state index contributed by atoms with van der Waals surface area (Å²) >= 11 is 0. The fourth-order valence-electron chi connectivity index (χ4n) is 1.74. The second kappa shape index (κ2) is 6.78. The Balaban J connectivity index is 1.89. The summed E-state index contributed by atoms with van der Waals surface area (Å²) in [5.41, 5.74) is 1.51. The molecule has 0 unspecified atom stereocenters. The third kappa shape index (κ3) is 4.52. The van der Waals surface area contributed by atoms with Crippen molar-refractivity contribution in [1.82, 2.24) is 15.3 Å². The summed E-state index contributed by atoms with van der Waals surface area (Å²) in [4.78, 5) is 22.0. The highest BCUT2D eigenvalue weighted by molar-refractivity contribution is 5.78. The third-order valence-corrected chi connectivity index (χ3v) is 2.85. The molecule has 21 heavy (non-hydrogen) atoms. The Kier molecular flexibility index (Phi) is 4.81. The maximum atomic E-state index is 12.8. The van der Waals surface area contributed by atoms with Gasteiger partial charge in [-0.1, -0.05) is 12.1 Å². The van der Waals surface area contributed by atoms with Gasteiger partial charge in [0.1, 0.15) is 5.82 Å². The van der Waals surface area contributed by atoms with Crippen molar-refractivity contribution in [1.29, 1.82) is 0 Å². The summed E-state index contributed by atoms with van der Waals surface area (Å²) in [6.45, 7) is 0.337. The Labute approximate surface area is 122 Å². The Morgan fingerprint density at radius 1 is 1.24 bits per heavy atom. The molecule has 0 aliphatic heterocycles. The maximum Gasteiger partial charge on any atom is 0.225 e. The predicted molar refractivity (Wildman–Crippen MR) is 78.3 cm³/mol. The van der Waals surface area contributed by atoms with Gasteiger partial charge in [-0.2, -0.15) is 0 Å². The van der Waals surface area contributed by atoms with E-state index < -0.39 is 0 Å². The highest BCUT2D eigenvalue weighted by Crippen LogP contribution is 2.05. The van der Waals surface area contributed by atoms with Crippen LogP contribution in [0.3, 0.4) is 0 Å². The van der Waals surface area contributed by atoms with Gasteiger partial charge in [-0.25, -0.2) is 14.4 Å². The van der Waals surface area contributed by atoms with E-state index in [1.165, 1.54) is 12.1 Å². The van der Waals surface area contributed by atoms with E-state index in [1.807, 2.05) is 14.1 Å². The van der Waals surface area contributed by atoms with Crippen LogP contribution < -0.4 is 10.2 Å². The van der Waals surface area contributed by atoms with Crippen LogP contribution in [0.1, 0.15) is 11.3 Å². The van der Waals surface area contributed by atoms with Gasteiger partial charge >= 0.3 is 0 Å². The molecule has 0 radical (unpaired) electrons. The zero-order valence-corrected chi connectivity index (χ0v) is 12.0. The Bertz CT molecular complexity index is 613. The van der Waals surface area contributed by atoms with E-state index in [2.05, 4.69) is 15.3 Å². The number of amides is 1. The first-order chi connectivity index (χ1) is 10.0. The number of hydrogen-bond donors (Lipinski definition) is 1. The number of nitrogens with zero attached hydrogens (tertiary/aromatic N) is 3. The number of aromatic nitrogens is 2. The number of nitrogens with one attached hydrogen (secondary N) is 1. The van der Waals surface area contributed by atoms with E-state index in [4.69, 9.17) is 0 Å². The molecule has 0 bridgehead atoms. The molecule has 0 fully saturated rings. The maximum absolute atomic E-state index is 12.8. The largest absolute Gasteiger partial charge is 0.350 e. The molecule has 0 aliphatic rings. The van der Waals surface area contributed by atoms with Gasteiger partial charge in [0.25, 0.3) is 0 Å². The lowest BCUT2D eigenvalue weighted by atomic mass is 10.1. The molecule has 0 aliphatic carbocycles. The van der Waals surface area contributed by atoms with Crippen molar-refractivity contribution in [2.75, 3.05) is 19.0 Å². The molecule has 0 spiro atoms. The molecule has 1 aromatic heterocycles. The van der Waals surface area contributed by atoms with Gasteiger partial charge in [0.05, 0.1) is 18.7 Å². The molecule has 110 valence electrons. The lowest BCUT2D eigenvalue weighted by Gasteiger charge is -2.11. The van der Waals surface area contributed by atoms with E-state index >= 15 is 0 Å². The van der Waals surface area contributed by atoms with Crippen LogP contribution in [0, 0.1) is 5.82 Å². The van der Waals surface area contributed by atoms with Crippen LogP contribution in [0.5, 0.6) is 0 Å². The van der Waals surface area contributed by atoms with Gasteiger partial charge in [0.15, 0.2) is 0 Å². The number of benzene rings is 1. The fraction of sp³-hybridized carbons (Fsp3) is 0.267. The highest BCUT2D eigenvalue weighted by atomic mass is 19.1. The van der Waals surface area contributed by atoms with Crippen molar-refractivity contribution in [2.24, 2.45) is 0 Å². The van der Waals surface area contributed by atoms with Crippen LogP contribution >= 0.6 is 0 Å². The predicted octanol–water partition coefficient (Wildman–Crippen LogP) is 1.54. The summed E-state index contributed by atoms with van der Waals surface area (Å²) < 4.78 is 12.8. The molecule has 0 saturated carbocycles. The molecule has 6 heteroatoms. The van der Waals surface area contributed by atoms with E-state index in [0.29, 0.717) is 12.5 Å². The van der Waals surface area contributed by atoms with Gasteiger partial charge in [0.2, 0.25) is 11.9 Å². The highest BCUT2D eigenvalue weighted by Gasteiger charge is 2.05. The molecular formula is C15H17FN4O. The molecule has 5 nitrogen and oxygen atoms in total. The lowest BCUT2D eigenvalue weighted by Crippen LogP contribution is -2.25. The molecule has 1 aromatic carbocycles. The average molecular weight is 288 g/mol. The average Bonchev–Trinajstić information content (AvgIpc) is 2.48. The van der Waals surface area contributed by atoms with Gasteiger partial charge in [-0.05, 0) is 23.8 Å². The number of rotatable bonds is 5. The Hall–Kier alpha value is -2.50.